The van der Waals surface area contributed by atoms with Gasteiger partial charge in [0.05, 0.1) is 6.10 Å². The molecule has 0 aromatic carbocycles. The van der Waals surface area contributed by atoms with Gasteiger partial charge in [-0.25, -0.2) is 0 Å². The summed E-state index contributed by atoms with van der Waals surface area (Å²) in [6, 6.07) is 0. The van der Waals surface area contributed by atoms with Crippen LogP contribution in [0.25, 0.3) is 0 Å². The van der Waals surface area contributed by atoms with Crippen LogP contribution < -0.4 is 0 Å². The Bertz CT molecular complexity index is 114. The van der Waals surface area contributed by atoms with Gasteiger partial charge in [-0.15, -0.1) is 0 Å². The molecule has 0 aromatic rings. The van der Waals surface area contributed by atoms with E-state index in [9.17, 15) is 5.11 Å². The molecule has 0 radical (unpaired) electrons. The zero-order chi connectivity index (χ0) is 8.97. The molecule has 1 heteroatoms. The van der Waals surface area contributed by atoms with E-state index in [1.54, 1.807) is 0 Å². The van der Waals surface area contributed by atoms with Gasteiger partial charge in [0, 0.05) is 0 Å². The average molecular weight is 170 g/mol. The van der Waals surface area contributed by atoms with Crippen molar-refractivity contribution in [1.29, 1.82) is 0 Å². The Kier molecular flexibility index (Phi) is 4.07. The topological polar surface area (TPSA) is 20.2 Å². The van der Waals surface area contributed by atoms with Crippen molar-refractivity contribution < 1.29 is 5.11 Å². The summed E-state index contributed by atoms with van der Waals surface area (Å²) >= 11 is 0. The minimum Gasteiger partial charge on any atom is -0.393 e. The molecular weight excluding hydrogens is 148 g/mol. The van der Waals surface area contributed by atoms with Crippen molar-refractivity contribution in [2.75, 3.05) is 0 Å². The van der Waals surface area contributed by atoms with Crippen molar-refractivity contribution >= 4 is 0 Å². The summed E-state index contributed by atoms with van der Waals surface area (Å²) < 4.78 is 0. The number of aliphatic hydroxyl groups excluding tert-OH is 1. The predicted octanol–water partition coefficient (Wildman–Crippen LogP) is 2.97. The van der Waals surface area contributed by atoms with Crippen molar-refractivity contribution in [3.05, 3.63) is 0 Å². The summed E-state index contributed by atoms with van der Waals surface area (Å²) in [5, 5.41) is 9.84. The largest absolute Gasteiger partial charge is 0.393 e. The molecule has 1 rings (SSSR count). The fourth-order valence-electron chi connectivity index (χ4n) is 2.10. The van der Waals surface area contributed by atoms with Crippen LogP contribution >= 0.6 is 0 Å². The van der Waals surface area contributed by atoms with Crippen LogP contribution in [-0.4, -0.2) is 11.2 Å². The molecule has 1 nitrogen and oxygen atoms in total. The number of rotatable bonds is 5. The van der Waals surface area contributed by atoms with Crippen LogP contribution in [0, 0.1) is 11.8 Å². The first-order chi connectivity index (χ1) is 5.77. The lowest BCUT2D eigenvalue weighted by Gasteiger charge is -2.30. The lowest BCUT2D eigenvalue weighted by atomic mass is 9.78. The number of hydrogen-bond donors (Lipinski definition) is 1. The fourth-order valence-corrected chi connectivity index (χ4v) is 2.10. The second-order valence-corrected chi connectivity index (χ2v) is 4.18. The maximum absolute atomic E-state index is 9.84. The maximum Gasteiger partial charge on any atom is 0.0570 e. The van der Waals surface area contributed by atoms with Crippen LogP contribution in [0.2, 0.25) is 0 Å². The molecule has 1 fully saturated rings. The summed E-state index contributed by atoms with van der Waals surface area (Å²) in [6.45, 7) is 4.36. The van der Waals surface area contributed by atoms with E-state index in [-0.39, 0.29) is 6.10 Å². The van der Waals surface area contributed by atoms with Crippen LogP contribution in [0.1, 0.15) is 52.4 Å². The summed E-state index contributed by atoms with van der Waals surface area (Å²) in [5.74, 6) is 1.39. The van der Waals surface area contributed by atoms with Gasteiger partial charge in [0.2, 0.25) is 0 Å². The quantitative estimate of drug-likeness (QED) is 0.672. The van der Waals surface area contributed by atoms with Crippen molar-refractivity contribution in [3.8, 4) is 0 Å². The molecule has 1 aliphatic carbocycles. The molecule has 1 unspecified atom stereocenters. The monoisotopic (exact) mass is 170 g/mol. The molecule has 0 amide bonds. The Morgan fingerprint density at radius 1 is 1.25 bits per heavy atom. The van der Waals surface area contributed by atoms with Gasteiger partial charge in [-0.1, -0.05) is 46.0 Å². The Hall–Kier alpha value is -0.0400. The second kappa shape index (κ2) is 4.86. The highest BCUT2D eigenvalue weighted by Crippen LogP contribution is 2.32. The average Bonchev–Trinajstić information content (AvgIpc) is 1.99. The third kappa shape index (κ3) is 2.48. The Morgan fingerprint density at radius 2 is 1.83 bits per heavy atom. The Morgan fingerprint density at radius 3 is 2.17 bits per heavy atom. The Labute approximate surface area is 76.2 Å². The third-order valence-electron chi connectivity index (χ3n) is 3.39. The molecule has 0 saturated heterocycles. The van der Waals surface area contributed by atoms with Gasteiger partial charge < -0.3 is 5.11 Å². The molecule has 1 N–H and O–H groups in total. The summed E-state index contributed by atoms with van der Waals surface area (Å²) in [6.07, 6.45) is 7.40. The van der Waals surface area contributed by atoms with Gasteiger partial charge in [-0.05, 0) is 18.3 Å². The summed E-state index contributed by atoms with van der Waals surface area (Å²) in [5.41, 5.74) is 0. The fraction of sp³-hybridized carbons (Fsp3) is 1.00. The molecule has 0 aliphatic heterocycles. The van der Waals surface area contributed by atoms with Crippen molar-refractivity contribution in [3.63, 3.8) is 0 Å². The molecule has 1 atom stereocenters. The molecule has 12 heavy (non-hydrogen) atoms. The zero-order valence-corrected chi connectivity index (χ0v) is 8.42. The van der Waals surface area contributed by atoms with Gasteiger partial charge in [-0.3, -0.25) is 0 Å². The smallest absolute Gasteiger partial charge is 0.0570 e. The first-order valence-electron chi connectivity index (χ1n) is 5.46. The molecule has 0 bridgehead atoms. The SMILES string of the molecule is CCC(CC)C(O)CC1CCC1. The lowest BCUT2D eigenvalue weighted by Crippen LogP contribution is -2.25. The zero-order valence-electron chi connectivity index (χ0n) is 8.42. The maximum atomic E-state index is 9.84. The predicted molar refractivity (Wildman–Crippen MR) is 52.0 cm³/mol. The van der Waals surface area contributed by atoms with E-state index in [1.165, 1.54) is 19.3 Å². The summed E-state index contributed by atoms with van der Waals surface area (Å²) in [7, 11) is 0. The second-order valence-electron chi connectivity index (χ2n) is 4.18. The van der Waals surface area contributed by atoms with Gasteiger partial charge in [0.15, 0.2) is 0 Å². The molecule has 1 aliphatic rings. The highest BCUT2D eigenvalue weighted by atomic mass is 16.3. The summed E-state index contributed by atoms with van der Waals surface area (Å²) in [4.78, 5) is 0. The standard InChI is InChI=1S/C11H22O/c1-3-10(4-2)11(12)8-9-6-5-7-9/h9-12H,3-8H2,1-2H3. The molecule has 0 heterocycles. The first-order valence-corrected chi connectivity index (χ1v) is 5.46. The van der Waals surface area contributed by atoms with Gasteiger partial charge in [0.1, 0.15) is 0 Å². The number of aliphatic hydroxyl groups is 1. The molecule has 1 saturated carbocycles. The van der Waals surface area contributed by atoms with E-state index in [4.69, 9.17) is 0 Å². The van der Waals surface area contributed by atoms with E-state index in [2.05, 4.69) is 13.8 Å². The Balaban J connectivity index is 2.19. The van der Waals surface area contributed by atoms with Gasteiger partial charge in [0.25, 0.3) is 0 Å². The van der Waals surface area contributed by atoms with Crippen LogP contribution in [0.4, 0.5) is 0 Å². The minimum atomic E-state index is -0.0229. The van der Waals surface area contributed by atoms with Gasteiger partial charge in [-0.2, -0.15) is 0 Å². The molecule has 72 valence electrons. The van der Waals surface area contributed by atoms with Crippen LogP contribution in [-0.2, 0) is 0 Å². The normalized spacial score (nSPS) is 21.0. The van der Waals surface area contributed by atoms with Crippen LogP contribution in [0.5, 0.6) is 0 Å². The van der Waals surface area contributed by atoms with E-state index in [0.717, 1.165) is 25.2 Å². The number of hydrogen-bond acceptors (Lipinski definition) is 1. The first kappa shape index (κ1) is 10.0. The van der Waals surface area contributed by atoms with E-state index in [0.29, 0.717) is 5.92 Å². The van der Waals surface area contributed by atoms with E-state index >= 15 is 0 Å². The lowest BCUT2D eigenvalue weighted by molar-refractivity contribution is 0.0620. The van der Waals surface area contributed by atoms with Crippen molar-refractivity contribution in [2.45, 2.75) is 58.5 Å². The highest BCUT2D eigenvalue weighted by molar-refractivity contribution is 4.76. The minimum absolute atomic E-state index is 0.0229. The highest BCUT2D eigenvalue weighted by Gasteiger charge is 2.24. The molecular formula is C11H22O. The molecule has 0 aromatic heterocycles. The van der Waals surface area contributed by atoms with E-state index < -0.39 is 0 Å². The third-order valence-corrected chi connectivity index (χ3v) is 3.39. The van der Waals surface area contributed by atoms with E-state index in [1.807, 2.05) is 0 Å². The molecule has 0 spiro atoms. The van der Waals surface area contributed by atoms with Crippen LogP contribution in [0.15, 0.2) is 0 Å². The van der Waals surface area contributed by atoms with Crippen molar-refractivity contribution in [2.24, 2.45) is 11.8 Å². The van der Waals surface area contributed by atoms with Crippen molar-refractivity contribution in [1.82, 2.24) is 0 Å². The van der Waals surface area contributed by atoms with Gasteiger partial charge >= 0.3 is 0 Å². The van der Waals surface area contributed by atoms with Crippen LogP contribution in [0.3, 0.4) is 0 Å².